The molecule has 0 amide bonds. The van der Waals surface area contributed by atoms with Crippen LogP contribution in [-0.2, 0) is 5.21 Å². The maximum Gasteiger partial charge on any atom is 0.144 e. The maximum atomic E-state index is 6.45. The maximum absolute atomic E-state index is 6.45. The highest BCUT2D eigenvalue weighted by Gasteiger charge is 2.32. The molecule has 0 radical (unpaired) electrons. The highest BCUT2D eigenvalue weighted by atomic mass is 16.3. The summed E-state index contributed by atoms with van der Waals surface area (Å²) in [7, 11) is 4.83. The molecule has 1 aliphatic carbocycles. The minimum atomic E-state index is 0.149. The van der Waals surface area contributed by atoms with Crippen LogP contribution in [0.3, 0.4) is 0 Å². The summed E-state index contributed by atoms with van der Waals surface area (Å²) < 4.78 is 6.45. The van der Waals surface area contributed by atoms with Gasteiger partial charge in [-0.2, -0.15) is 0 Å². The molecule has 0 saturated heterocycles. The highest BCUT2D eigenvalue weighted by molar-refractivity contribution is 6.40. The Morgan fingerprint density at radius 2 is 1.66 bits per heavy atom. The van der Waals surface area contributed by atoms with Crippen LogP contribution >= 0.6 is 0 Å². The topological polar surface area (TPSA) is 26.0 Å². The van der Waals surface area contributed by atoms with E-state index in [1.165, 1.54) is 53.8 Å². The van der Waals surface area contributed by atoms with Crippen molar-refractivity contribution in [2.75, 3.05) is 0 Å². The Bertz CT molecular complexity index is 1450. The first-order valence-corrected chi connectivity index (χ1v) is 11.9. The predicted molar refractivity (Wildman–Crippen MR) is 140 cm³/mol. The summed E-state index contributed by atoms with van der Waals surface area (Å²) in [6.45, 7) is 0. The monoisotopic (exact) mass is 415 g/mol. The summed E-state index contributed by atoms with van der Waals surface area (Å²) >= 11 is 0. The minimum absolute atomic E-state index is 0.149. The van der Waals surface area contributed by atoms with Crippen molar-refractivity contribution in [1.29, 1.82) is 0 Å². The van der Waals surface area contributed by atoms with Crippen LogP contribution in [0.5, 0.6) is 0 Å². The summed E-state index contributed by atoms with van der Waals surface area (Å²) in [5.74, 6) is 0.736. The number of para-hydroxylation sites is 1. The number of nitrogens with zero attached hydrogens (tertiary/aromatic N) is 1. The Balaban J connectivity index is 1.52. The van der Waals surface area contributed by atoms with Crippen LogP contribution in [0.25, 0.3) is 44.0 Å². The first kappa shape index (κ1) is 19.7. The summed E-state index contributed by atoms with van der Waals surface area (Å²) in [4.78, 5) is 4.79. The number of furan rings is 1. The van der Waals surface area contributed by atoms with E-state index in [1.54, 1.807) is 0 Å². The molecule has 0 spiro atoms. The van der Waals surface area contributed by atoms with Crippen LogP contribution in [-0.4, -0.2) is 20.7 Å². The van der Waals surface area contributed by atoms with Gasteiger partial charge in [0.2, 0.25) is 0 Å². The summed E-state index contributed by atoms with van der Waals surface area (Å²) in [5, 5.41) is 4.98. The van der Waals surface area contributed by atoms with Gasteiger partial charge in [0, 0.05) is 22.5 Å². The number of hydrogen-bond acceptors (Lipinski definition) is 2. The fraction of sp³-hybridized carbons (Fsp3) is 0.250. The van der Waals surface area contributed by atoms with Crippen LogP contribution in [0.4, 0.5) is 0 Å². The van der Waals surface area contributed by atoms with Crippen molar-refractivity contribution < 1.29 is 4.42 Å². The van der Waals surface area contributed by atoms with Gasteiger partial charge < -0.3 is 4.42 Å². The first-order valence-electron chi connectivity index (χ1n) is 11.9. The van der Waals surface area contributed by atoms with Crippen LogP contribution in [0.15, 0.2) is 77.3 Å². The molecule has 156 valence electrons. The zero-order chi connectivity index (χ0) is 21.7. The molecule has 2 aromatic heterocycles. The van der Waals surface area contributed by atoms with E-state index in [0.717, 1.165) is 33.7 Å². The van der Waals surface area contributed by atoms with Crippen molar-refractivity contribution in [3.05, 3.63) is 78.5 Å². The third kappa shape index (κ3) is 3.08. The molecule has 32 heavy (non-hydrogen) atoms. The molecule has 0 aliphatic heterocycles. The minimum Gasteiger partial charge on any atom is -0.455 e. The Hall–Kier alpha value is -3.00. The molecule has 0 bridgehead atoms. The van der Waals surface area contributed by atoms with Gasteiger partial charge in [-0.25, -0.2) is 0 Å². The van der Waals surface area contributed by atoms with E-state index in [9.17, 15) is 0 Å². The van der Waals surface area contributed by atoms with Crippen molar-refractivity contribution in [3.8, 4) is 11.3 Å². The quantitative estimate of drug-likeness (QED) is 0.348. The number of benzene rings is 3. The Morgan fingerprint density at radius 3 is 2.53 bits per heavy atom. The number of fused-ring (bicyclic) bond motifs is 5. The summed E-state index contributed by atoms with van der Waals surface area (Å²) in [6, 6.07) is 23.7. The van der Waals surface area contributed by atoms with E-state index in [-0.39, 0.29) is 5.21 Å². The molecular weight excluding hydrogens is 388 g/mol. The van der Waals surface area contributed by atoms with Gasteiger partial charge in [0.15, 0.2) is 0 Å². The first-order chi connectivity index (χ1) is 15.6. The molecular formula is C28H27B2NO. The van der Waals surface area contributed by atoms with Gasteiger partial charge in [-0.3, -0.25) is 4.98 Å². The third-order valence-electron chi connectivity index (χ3n) is 7.79. The smallest absolute Gasteiger partial charge is 0.144 e. The van der Waals surface area contributed by atoms with E-state index in [1.807, 2.05) is 6.20 Å². The molecule has 2 heterocycles. The van der Waals surface area contributed by atoms with Crippen molar-refractivity contribution in [2.24, 2.45) is 5.92 Å². The molecule has 6 rings (SSSR count). The van der Waals surface area contributed by atoms with Gasteiger partial charge >= 0.3 is 0 Å². The lowest BCUT2D eigenvalue weighted by atomic mass is 9.43. The molecule has 3 aromatic carbocycles. The van der Waals surface area contributed by atoms with Gasteiger partial charge in [0.05, 0.1) is 5.69 Å². The second kappa shape index (κ2) is 7.55. The largest absolute Gasteiger partial charge is 0.455 e. The van der Waals surface area contributed by atoms with E-state index in [0.29, 0.717) is 0 Å². The zero-order valence-electron chi connectivity index (χ0n) is 18.9. The molecule has 5 aromatic rings. The molecule has 0 unspecified atom stereocenters. The van der Waals surface area contributed by atoms with Gasteiger partial charge in [0.25, 0.3) is 0 Å². The van der Waals surface area contributed by atoms with Crippen molar-refractivity contribution in [3.63, 3.8) is 0 Å². The average molecular weight is 415 g/mol. The second-order valence-corrected chi connectivity index (χ2v) is 9.93. The number of hydrogen-bond donors (Lipinski definition) is 0. The molecule has 1 saturated carbocycles. The normalized spacial score (nSPS) is 15.6. The Kier molecular flexibility index (Phi) is 4.64. The Morgan fingerprint density at radius 1 is 0.844 bits per heavy atom. The van der Waals surface area contributed by atoms with Crippen molar-refractivity contribution in [2.45, 2.75) is 37.3 Å². The second-order valence-electron chi connectivity index (χ2n) is 9.93. The fourth-order valence-electron chi connectivity index (χ4n) is 5.81. The molecule has 1 fully saturated rings. The van der Waals surface area contributed by atoms with Gasteiger partial charge in [-0.05, 0) is 41.0 Å². The van der Waals surface area contributed by atoms with Crippen molar-refractivity contribution >= 4 is 48.4 Å². The lowest BCUT2D eigenvalue weighted by Gasteiger charge is -2.38. The zero-order valence-corrected chi connectivity index (χ0v) is 18.9. The van der Waals surface area contributed by atoms with Gasteiger partial charge in [-0.1, -0.05) is 85.3 Å². The van der Waals surface area contributed by atoms with Crippen LogP contribution < -0.4 is 0 Å². The molecule has 2 nitrogen and oxygen atoms in total. The third-order valence-corrected chi connectivity index (χ3v) is 7.79. The van der Waals surface area contributed by atoms with E-state index in [4.69, 9.17) is 9.40 Å². The SMILES string of the molecule is BC(B)(c1ccnc(-c2cccc3c2oc2ccc4ccccc4c23)c1)C1CCCCC1. The number of rotatable bonds is 3. The lowest BCUT2D eigenvalue weighted by Crippen LogP contribution is -2.37. The highest BCUT2D eigenvalue weighted by Crippen LogP contribution is 2.41. The summed E-state index contributed by atoms with van der Waals surface area (Å²) in [6.07, 6.45) is 8.74. The van der Waals surface area contributed by atoms with Crippen LogP contribution in [0, 0.1) is 5.92 Å². The van der Waals surface area contributed by atoms with Crippen molar-refractivity contribution in [1.82, 2.24) is 4.98 Å². The fourth-order valence-corrected chi connectivity index (χ4v) is 5.81. The number of aromatic nitrogens is 1. The average Bonchev–Trinajstić information content (AvgIpc) is 3.24. The number of pyridine rings is 1. The summed E-state index contributed by atoms with van der Waals surface area (Å²) in [5.41, 5.74) is 5.32. The van der Waals surface area contributed by atoms with Gasteiger partial charge in [-0.15, -0.1) is 0 Å². The van der Waals surface area contributed by atoms with E-state index in [2.05, 4.69) is 82.4 Å². The van der Waals surface area contributed by atoms with Crippen LogP contribution in [0.2, 0.25) is 0 Å². The molecule has 0 atom stereocenters. The van der Waals surface area contributed by atoms with Crippen LogP contribution in [0.1, 0.15) is 37.7 Å². The Labute approximate surface area is 190 Å². The lowest BCUT2D eigenvalue weighted by molar-refractivity contribution is 0.327. The molecule has 0 N–H and O–H groups in total. The molecule has 4 heteroatoms. The molecule has 1 aliphatic rings. The van der Waals surface area contributed by atoms with E-state index < -0.39 is 0 Å². The standard InChI is InChI=1S/C28H27B2NO/c29-28(30,19-8-2-1-3-9-19)20-15-16-31-24(17-20)22-11-6-12-23-26-21-10-5-4-7-18(21)13-14-25(26)32-27(22)23/h4-7,10-17,19H,1-3,8-9,29-30H2. The van der Waals surface area contributed by atoms with Gasteiger partial charge in [0.1, 0.15) is 26.9 Å². The van der Waals surface area contributed by atoms with E-state index >= 15 is 0 Å². The predicted octanol–water partition coefficient (Wildman–Crippen LogP) is 5.80.